The van der Waals surface area contributed by atoms with Gasteiger partial charge in [0.2, 0.25) is 5.91 Å². The van der Waals surface area contributed by atoms with Gasteiger partial charge in [-0.25, -0.2) is 4.79 Å². The Hall–Kier alpha value is -3.00. The van der Waals surface area contributed by atoms with Gasteiger partial charge in [0.05, 0.1) is 6.04 Å². The van der Waals surface area contributed by atoms with Crippen LogP contribution in [0.4, 0.5) is 16.2 Å². The summed E-state index contributed by atoms with van der Waals surface area (Å²) in [5, 5.41) is 7.40. The molecule has 2 aromatic rings. The summed E-state index contributed by atoms with van der Waals surface area (Å²) in [6, 6.07) is 8.40. The quantitative estimate of drug-likeness (QED) is 0.431. The van der Waals surface area contributed by atoms with Crippen molar-refractivity contribution in [3.05, 3.63) is 52.7 Å². The molecule has 0 spiro atoms. The van der Waals surface area contributed by atoms with Crippen LogP contribution in [0.3, 0.4) is 0 Å². The molecule has 0 radical (unpaired) electrons. The van der Waals surface area contributed by atoms with Crippen LogP contribution in [-0.4, -0.2) is 60.1 Å². The minimum absolute atomic E-state index is 0.0174. The van der Waals surface area contributed by atoms with E-state index in [1.807, 2.05) is 31.7 Å². The molecule has 2 saturated heterocycles. The molecular weight excluding hydrogens is 508 g/mol. The van der Waals surface area contributed by atoms with Crippen molar-refractivity contribution < 1.29 is 14.3 Å². The molecule has 5 rings (SSSR count). The maximum absolute atomic E-state index is 13.0. The second kappa shape index (κ2) is 11.6. The van der Waals surface area contributed by atoms with Gasteiger partial charge in [-0.2, -0.15) is 11.3 Å². The fourth-order valence-electron chi connectivity index (χ4n) is 5.52. The minimum atomic E-state index is -0.533. The highest BCUT2D eigenvalue weighted by atomic mass is 32.1. The Morgan fingerprint density at radius 2 is 1.77 bits per heavy atom. The first-order chi connectivity index (χ1) is 18.7. The van der Waals surface area contributed by atoms with Crippen LogP contribution in [0, 0.1) is 5.92 Å². The number of rotatable bonds is 6. The predicted molar refractivity (Wildman–Crippen MR) is 159 cm³/mol. The standard InChI is InChI=1S/C31H42N4O3S/c1-22(35-17-16-34(30(37)38-31(2,3)4)20-28(35)24-13-18-39-21-24)26-12-11-25(32-29(36)23-9-10-23)19-27(26)33-14-7-5-6-8-15-33/h11-13,18-19,21,23,28H,1,5-10,14-17,20H2,2-4H3,(H,32,36). The van der Waals surface area contributed by atoms with E-state index in [9.17, 15) is 9.59 Å². The molecule has 3 heterocycles. The number of anilines is 2. The minimum Gasteiger partial charge on any atom is -0.444 e. The van der Waals surface area contributed by atoms with Gasteiger partial charge in [-0.05, 0) is 87.0 Å². The molecule has 1 aromatic heterocycles. The summed E-state index contributed by atoms with van der Waals surface area (Å²) >= 11 is 1.67. The van der Waals surface area contributed by atoms with Crippen molar-refractivity contribution in [1.29, 1.82) is 0 Å². The highest BCUT2D eigenvalue weighted by Crippen LogP contribution is 2.39. The maximum atomic E-state index is 13.0. The molecule has 1 aromatic carbocycles. The average Bonchev–Trinajstić information content (AvgIpc) is 3.68. The van der Waals surface area contributed by atoms with E-state index in [-0.39, 0.29) is 24.0 Å². The molecule has 2 amide bonds. The lowest BCUT2D eigenvalue weighted by atomic mass is 10.0. The Labute approximate surface area is 236 Å². The molecule has 1 atom stereocenters. The topological polar surface area (TPSA) is 65.1 Å². The van der Waals surface area contributed by atoms with E-state index in [0.717, 1.165) is 61.4 Å². The van der Waals surface area contributed by atoms with Gasteiger partial charge in [0.15, 0.2) is 0 Å². The largest absolute Gasteiger partial charge is 0.444 e. The number of benzene rings is 1. The van der Waals surface area contributed by atoms with Crippen molar-refractivity contribution in [1.82, 2.24) is 9.80 Å². The van der Waals surface area contributed by atoms with Crippen LogP contribution >= 0.6 is 11.3 Å². The molecule has 0 bridgehead atoms. The number of piperazine rings is 1. The Morgan fingerprint density at radius 3 is 2.41 bits per heavy atom. The number of carbonyl (C=O) groups is 2. The smallest absolute Gasteiger partial charge is 0.410 e. The van der Waals surface area contributed by atoms with E-state index in [1.165, 1.54) is 18.4 Å². The normalized spacial score (nSPS) is 20.4. The summed E-state index contributed by atoms with van der Waals surface area (Å²) in [6.45, 7) is 14.1. The zero-order valence-electron chi connectivity index (χ0n) is 23.6. The number of hydrogen-bond donors (Lipinski definition) is 1. The Balaban J connectivity index is 1.43. The monoisotopic (exact) mass is 550 g/mol. The molecule has 3 aliphatic rings. The molecule has 1 unspecified atom stereocenters. The van der Waals surface area contributed by atoms with E-state index in [1.54, 1.807) is 11.3 Å². The Bertz CT molecular complexity index is 1180. The highest BCUT2D eigenvalue weighted by Gasteiger charge is 2.35. The first kappa shape index (κ1) is 27.6. The zero-order chi connectivity index (χ0) is 27.6. The summed E-state index contributed by atoms with van der Waals surface area (Å²) in [5.41, 5.74) is 4.68. The van der Waals surface area contributed by atoms with E-state index in [0.29, 0.717) is 19.6 Å². The van der Waals surface area contributed by atoms with Crippen molar-refractivity contribution in [2.45, 2.75) is 70.9 Å². The molecule has 3 fully saturated rings. The van der Waals surface area contributed by atoms with Crippen LogP contribution in [0.25, 0.3) is 5.70 Å². The molecule has 2 aliphatic heterocycles. The van der Waals surface area contributed by atoms with Gasteiger partial charge in [0.1, 0.15) is 5.60 Å². The zero-order valence-corrected chi connectivity index (χ0v) is 24.4. The summed E-state index contributed by atoms with van der Waals surface area (Å²) in [4.78, 5) is 32.2. The molecular formula is C31H42N4O3S. The second-order valence-corrected chi connectivity index (χ2v) is 12.8. The van der Waals surface area contributed by atoms with Crippen LogP contribution in [0.1, 0.15) is 76.5 Å². The predicted octanol–water partition coefficient (Wildman–Crippen LogP) is 6.74. The lowest BCUT2D eigenvalue weighted by Gasteiger charge is -2.44. The van der Waals surface area contributed by atoms with Gasteiger partial charge in [0, 0.05) is 61.3 Å². The molecule has 1 aliphatic carbocycles. The number of nitrogens with one attached hydrogen (secondary N) is 1. The van der Waals surface area contributed by atoms with Gasteiger partial charge in [-0.15, -0.1) is 0 Å². The lowest BCUT2D eigenvalue weighted by molar-refractivity contribution is -0.117. The van der Waals surface area contributed by atoms with Gasteiger partial charge < -0.3 is 24.8 Å². The fourth-order valence-corrected chi connectivity index (χ4v) is 6.23. The van der Waals surface area contributed by atoms with E-state index in [2.05, 4.69) is 50.7 Å². The first-order valence-electron chi connectivity index (χ1n) is 14.4. The average molecular weight is 551 g/mol. The van der Waals surface area contributed by atoms with Gasteiger partial charge >= 0.3 is 6.09 Å². The van der Waals surface area contributed by atoms with Crippen LogP contribution in [0.5, 0.6) is 0 Å². The van der Waals surface area contributed by atoms with Crippen molar-refractivity contribution in [3.63, 3.8) is 0 Å². The number of nitrogens with zero attached hydrogens (tertiary/aromatic N) is 3. The van der Waals surface area contributed by atoms with Gasteiger partial charge in [-0.1, -0.05) is 19.4 Å². The van der Waals surface area contributed by atoms with Gasteiger partial charge in [0.25, 0.3) is 0 Å². The Kier molecular flexibility index (Phi) is 8.21. The van der Waals surface area contributed by atoms with E-state index in [4.69, 9.17) is 4.74 Å². The number of hydrogen-bond acceptors (Lipinski definition) is 6. The Morgan fingerprint density at radius 1 is 1.03 bits per heavy atom. The summed E-state index contributed by atoms with van der Waals surface area (Å²) in [5.74, 6) is 0.285. The van der Waals surface area contributed by atoms with Crippen LogP contribution < -0.4 is 10.2 Å². The molecule has 7 nitrogen and oxygen atoms in total. The van der Waals surface area contributed by atoms with Crippen LogP contribution in [0.15, 0.2) is 41.6 Å². The first-order valence-corrected chi connectivity index (χ1v) is 15.3. The molecule has 1 saturated carbocycles. The molecule has 1 N–H and O–H groups in total. The second-order valence-electron chi connectivity index (χ2n) is 12.0. The van der Waals surface area contributed by atoms with E-state index < -0.39 is 5.60 Å². The highest BCUT2D eigenvalue weighted by molar-refractivity contribution is 7.08. The third-order valence-corrected chi connectivity index (χ3v) is 8.48. The van der Waals surface area contributed by atoms with Crippen molar-refractivity contribution in [2.24, 2.45) is 5.92 Å². The van der Waals surface area contributed by atoms with Crippen LogP contribution in [-0.2, 0) is 9.53 Å². The fraction of sp³-hybridized carbons (Fsp3) is 0.548. The van der Waals surface area contributed by atoms with Crippen molar-refractivity contribution >= 4 is 40.4 Å². The molecule has 210 valence electrons. The van der Waals surface area contributed by atoms with Crippen molar-refractivity contribution in [2.75, 3.05) is 42.9 Å². The number of thiophene rings is 1. The third-order valence-electron chi connectivity index (χ3n) is 7.78. The molecule has 8 heteroatoms. The number of ether oxygens (including phenoxy) is 1. The van der Waals surface area contributed by atoms with E-state index >= 15 is 0 Å². The van der Waals surface area contributed by atoms with Crippen molar-refractivity contribution in [3.8, 4) is 0 Å². The number of carbonyl (C=O) groups excluding carboxylic acids is 2. The molecule has 39 heavy (non-hydrogen) atoms. The maximum Gasteiger partial charge on any atom is 0.410 e. The van der Waals surface area contributed by atoms with Crippen LogP contribution in [0.2, 0.25) is 0 Å². The summed E-state index contributed by atoms with van der Waals surface area (Å²) in [6.07, 6.45) is 6.52. The summed E-state index contributed by atoms with van der Waals surface area (Å²) in [7, 11) is 0. The van der Waals surface area contributed by atoms with Gasteiger partial charge in [-0.3, -0.25) is 4.79 Å². The SMILES string of the molecule is C=C(c1ccc(NC(=O)C2CC2)cc1N1CCCCCC1)N1CCN(C(=O)OC(C)(C)C)CC1c1ccsc1. The number of amides is 2. The third kappa shape index (κ3) is 6.78. The lowest BCUT2D eigenvalue weighted by Crippen LogP contribution is -2.50. The summed E-state index contributed by atoms with van der Waals surface area (Å²) < 4.78 is 5.71.